The summed E-state index contributed by atoms with van der Waals surface area (Å²) in [5, 5.41) is 19.2. The van der Waals surface area contributed by atoms with Crippen LogP contribution in [0.25, 0.3) is 0 Å². The minimum absolute atomic E-state index is 0.00558. The zero-order valence-electron chi connectivity index (χ0n) is 14.5. The molecule has 0 aliphatic heterocycles. The number of carbonyl (C=O) groups is 1. The Balaban J connectivity index is 2.43. The van der Waals surface area contributed by atoms with Crippen molar-refractivity contribution in [2.24, 2.45) is 0 Å². The summed E-state index contributed by atoms with van der Waals surface area (Å²) in [6.07, 6.45) is 10.4. The molecular formula is C19H17NO7. The van der Waals surface area contributed by atoms with Gasteiger partial charge in [0.15, 0.2) is 11.5 Å². The molecule has 0 amide bonds. The van der Waals surface area contributed by atoms with Crippen molar-refractivity contribution in [3.8, 4) is 53.7 Å². The summed E-state index contributed by atoms with van der Waals surface area (Å²) in [6, 6.07) is 5.00. The van der Waals surface area contributed by atoms with Gasteiger partial charge in [-0.15, -0.1) is 17.6 Å². The Kier molecular flexibility index (Phi) is 6.45. The minimum Gasteiger partial charge on any atom is -0.492 e. The number of benzene rings is 1. The molecule has 140 valence electrons. The van der Waals surface area contributed by atoms with E-state index < -0.39 is 17.7 Å². The summed E-state index contributed by atoms with van der Waals surface area (Å²) >= 11 is 0. The molecule has 2 N–H and O–H groups in total. The molecule has 2 aromatic rings. The van der Waals surface area contributed by atoms with Crippen LogP contribution in [0.1, 0.15) is 17.3 Å². The summed E-state index contributed by atoms with van der Waals surface area (Å²) in [7, 11) is 0. The zero-order valence-corrected chi connectivity index (χ0v) is 14.5. The molecule has 1 heterocycles. The molecule has 2 rings (SSSR count). The van der Waals surface area contributed by atoms with Gasteiger partial charge in [-0.3, -0.25) is 0 Å². The van der Waals surface area contributed by atoms with Crippen molar-refractivity contribution in [1.29, 1.82) is 0 Å². The van der Waals surface area contributed by atoms with Crippen molar-refractivity contribution in [3.63, 3.8) is 0 Å². The highest BCUT2D eigenvalue weighted by molar-refractivity contribution is 5.91. The van der Waals surface area contributed by atoms with E-state index in [-0.39, 0.29) is 42.6 Å². The molecule has 0 aliphatic carbocycles. The molecule has 8 heteroatoms. The number of aromatic hydroxyl groups is 2. The fraction of sp³-hybridized carbons (Fsp3) is 0.211. The third-order valence-corrected chi connectivity index (χ3v) is 3.14. The first-order chi connectivity index (χ1) is 13.0. The molecule has 0 spiro atoms. The highest BCUT2D eigenvalue weighted by Crippen LogP contribution is 2.39. The Bertz CT molecular complexity index is 883. The lowest BCUT2D eigenvalue weighted by molar-refractivity contribution is 0.0380. The van der Waals surface area contributed by atoms with Gasteiger partial charge in [-0.2, -0.15) is 0 Å². The van der Waals surface area contributed by atoms with Crippen molar-refractivity contribution in [1.82, 2.24) is 4.73 Å². The van der Waals surface area contributed by atoms with Crippen molar-refractivity contribution in [2.45, 2.75) is 6.92 Å². The van der Waals surface area contributed by atoms with E-state index in [1.54, 1.807) is 6.92 Å². The summed E-state index contributed by atoms with van der Waals surface area (Å²) in [4.78, 5) is 17.4. The number of rotatable bonds is 8. The van der Waals surface area contributed by atoms with E-state index >= 15 is 0 Å². The van der Waals surface area contributed by atoms with Crippen LogP contribution in [0.5, 0.6) is 29.0 Å². The van der Waals surface area contributed by atoms with Gasteiger partial charge in [0.25, 0.3) is 0 Å². The van der Waals surface area contributed by atoms with Gasteiger partial charge < -0.3 is 29.3 Å². The molecule has 8 nitrogen and oxygen atoms in total. The fourth-order valence-corrected chi connectivity index (χ4v) is 2.07. The van der Waals surface area contributed by atoms with Gasteiger partial charge in [0.1, 0.15) is 13.2 Å². The van der Waals surface area contributed by atoms with Crippen molar-refractivity contribution >= 4 is 5.97 Å². The van der Waals surface area contributed by atoms with Gasteiger partial charge in [-0.05, 0) is 19.1 Å². The van der Waals surface area contributed by atoms with Crippen LogP contribution in [-0.4, -0.2) is 40.7 Å². The molecule has 1 aromatic carbocycles. The van der Waals surface area contributed by atoms with Crippen molar-refractivity contribution in [3.05, 3.63) is 29.8 Å². The van der Waals surface area contributed by atoms with E-state index in [0.717, 1.165) is 12.1 Å². The number of hydrogen-bond acceptors (Lipinski definition) is 7. The van der Waals surface area contributed by atoms with Crippen LogP contribution in [0.15, 0.2) is 24.3 Å². The van der Waals surface area contributed by atoms with Gasteiger partial charge in [-0.1, -0.05) is 11.8 Å². The topological polar surface area (TPSA) is 99.4 Å². The Morgan fingerprint density at radius 3 is 2.15 bits per heavy atom. The van der Waals surface area contributed by atoms with Gasteiger partial charge in [-0.25, -0.2) is 4.79 Å². The fourth-order valence-electron chi connectivity index (χ4n) is 2.07. The van der Waals surface area contributed by atoms with Gasteiger partial charge in [0.2, 0.25) is 17.5 Å². The minimum atomic E-state index is -0.896. The summed E-state index contributed by atoms with van der Waals surface area (Å²) in [6.45, 7) is 1.88. The lowest BCUT2D eigenvalue weighted by Gasteiger charge is -2.16. The van der Waals surface area contributed by atoms with Crippen LogP contribution in [-0.2, 0) is 0 Å². The molecule has 0 atom stereocenters. The Hall–Kier alpha value is -3.91. The molecule has 0 unspecified atom stereocenters. The van der Waals surface area contributed by atoms with Crippen LogP contribution in [0, 0.1) is 24.7 Å². The number of nitrogens with zero attached hydrogens (tertiary/aromatic N) is 1. The van der Waals surface area contributed by atoms with Crippen molar-refractivity contribution in [2.75, 3.05) is 19.8 Å². The van der Waals surface area contributed by atoms with Gasteiger partial charge in [0.05, 0.1) is 12.2 Å². The number of aromatic nitrogens is 1. The predicted molar refractivity (Wildman–Crippen MR) is 94.9 cm³/mol. The van der Waals surface area contributed by atoms with E-state index in [9.17, 15) is 15.0 Å². The van der Waals surface area contributed by atoms with E-state index in [0.29, 0.717) is 4.73 Å². The maximum atomic E-state index is 12.4. The second-order valence-corrected chi connectivity index (χ2v) is 4.94. The van der Waals surface area contributed by atoms with Crippen molar-refractivity contribution < 1.29 is 34.1 Å². The van der Waals surface area contributed by atoms with Crippen LogP contribution >= 0.6 is 0 Å². The Morgan fingerprint density at radius 1 is 1.04 bits per heavy atom. The molecule has 0 saturated carbocycles. The van der Waals surface area contributed by atoms with Gasteiger partial charge in [0, 0.05) is 12.1 Å². The smallest absolute Gasteiger partial charge is 0.364 e. The second-order valence-electron chi connectivity index (χ2n) is 4.94. The number of terminal acetylenes is 2. The lowest BCUT2D eigenvalue weighted by atomic mass is 10.2. The van der Waals surface area contributed by atoms with E-state index in [1.165, 1.54) is 12.1 Å². The molecule has 0 radical (unpaired) electrons. The maximum Gasteiger partial charge on any atom is 0.364 e. The molecule has 0 bridgehead atoms. The zero-order chi connectivity index (χ0) is 19.8. The van der Waals surface area contributed by atoms with Crippen LogP contribution in [0.4, 0.5) is 0 Å². The summed E-state index contributed by atoms with van der Waals surface area (Å²) in [5.74, 6) is 3.33. The normalized spacial score (nSPS) is 9.74. The van der Waals surface area contributed by atoms with Gasteiger partial charge >= 0.3 is 5.97 Å². The summed E-state index contributed by atoms with van der Waals surface area (Å²) < 4.78 is 16.9. The van der Waals surface area contributed by atoms with Crippen LogP contribution in [0.2, 0.25) is 0 Å². The Morgan fingerprint density at radius 2 is 1.59 bits per heavy atom. The highest BCUT2D eigenvalue weighted by atomic mass is 16.7. The highest BCUT2D eigenvalue weighted by Gasteiger charge is 2.21. The first kappa shape index (κ1) is 19.4. The summed E-state index contributed by atoms with van der Waals surface area (Å²) in [5.41, 5.74) is 0.00558. The monoisotopic (exact) mass is 371 g/mol. The first-order valence-electron chi connectivity index (χ1n) is 7.77. The van der Waals surface area contributed by atoms with E-state index in [1.807, 2.05) is 0 Å². The predicted octanol–water partition coefficient (Wildman–Crippen LogP) is 1.59. The van der Waals surface area contributed by atoms with Crippen LogP contribution < -0.4 is 19.0 Å². The first-order valence-corrected chi connectivity index (χ1v) is 7.77. The molecule has 1 aromatic heterocycles. The maximum absolute atomic E-state index is 12.4. The molecule has 0 saturated heterocycles. The standard InChI is InChI=1S/C19H17NO7/c1-4-9-25-15-12-13(11-14(24-6-3)18(15)26-10-5-2)19(23)27-20-16(21)7-8-17(20)22/h1-2,7-8,11-12,21-22H,6,9-10H2,3H3. The third kappa shape index (κ3) is 4.59. The quantitative estimate of drug-likeness (QED) is 0.680. The number of ether oxygens (including phenoxy) is 3. The Labute approximate surface area is 155 Å². The molecule has 27 heavy (non-hydrogen) atoms. The molecule has 0 aliphatic rings. The second kappa shape index (κ2) is 8.97. The number of carbonyl (C=O) groups excluding carboxylic acids is 1. The largest absolute Gasteiger partial charge is 0.492 e. The average Bonchev–Trinajstić information content (AvgIpc) is 2.97. The number of hydrogen-bond donors (Lipinski definition) is 2. The molecular weight excluding hydrogens is 354 g/mol. The SMILES string of the molecule is C#CCOc1cc(C(=O)On2c(O)ccc2O)cc(OCC)c1OCC#C. The van der Waals surface area contributed by atoms with Crippen LogP contribution in [0.3, 0.4) is 0 Å². The lowest BCUT2D eigenvalue weighted by Crippen LogP contribution is -2.19. The van der Waals surface area contributed by atoms with E-state index in [4.69, 9.17) is 31.9 Å². The average molecular weight is 371 g/mol. The molecule has 0 fully saturated rings. The van der Waals surface area contributed by atoms with E-state index in [2.05, 4.69) is 11.8 Å². The third-order valence-electron chi connectivity index (χ3n) is 3.14.